The van der Waals surface area contributed by atoms with Crippen LogP contribution < -0.4 is 10.6 Å². The molecule has 0 saturated heterocycles. The summed E-state index contributed by atoms with van der Waals surface area (Å²) in [6.07, 6.45) is 5.17. The molecule has 2 atom stereocenters. The summed E-state index contributed by atoms with van der Waals surface area (Å²) in [7, 11) is 0. The zero-order valence-corrected chi connectivity index (χ0v) is 12.7. The lowest BCUT2D eigenvalue weighted by Gasteiger charge is -2.28. The molecule has 0 aliphatic heterocycles. The summed E-state index contributed by atoms with van der Waals surface area (Å²) in [6, 6.07) is 5.53. The van der Waals surface area contributed by atoms with Crippen LogP contribution in [-0.4, -0.2) is 32.7 Å². The van der Waals surface area contributed by atoms with E-state index in [2.05, 4.69) is 15.6 Å². The lowest BCUT2D eigenvalue weighted by molar-refractivity contribution is 0.0943. The molecule has 0 aromatic carbocycles. The van der Waals surface area contributed by atoms with Gasteiger partial charge in [0.05, 0.1) is 24.4 Å². The first-order valence-electron chi connectivity index (χ1n) is 7.79. The minimum absolute atomic E-state index is 0.142. The van der Waals surface area contributed by atoms with Crippen LogP contribution in [0.1, 0.15) is 37.1 Å². The van der Waals surface area contributed by atoms with Gasteiger partial charge in [-0.3, -0.25) is 0 Å². The van der Waals surface area contributed by atoms with Gasteiger partial charge in [0.15, 0.2) is 0 Å². The Morgan fingerprint density at radius 2 is 2.23 bits per heavy atom. The number of carbonyl (C=O) groups excluding carboxylic acids is 1. The molecule has 2 aromatic heterocycles. The smallest absolute Gasteiger partial charge is 0.315 e. The molecule has 6 heteroatoms. The number of hydrogen-bond donors (Lipinski definition) is 3. The van der Waals surface area contributed by atoms with Gasteiger partial charge in [-0.2, -0.15) is 0 Å². The maximum atomic E-state index is 11.9. The number of aromatic nitrogens is 2. The maximum absolute atomic E-state index is 11.9. The second-order valence-electron chi connectivity index (χ2n) is 5.91. The van der Waals surface area contributed by atoms with E-state index in [-0.39, 0.29) is 12.1 Å². The molecule has 22 heavy (non-hydrogen) atoms. The van der Waals surface area contributed by atoms with Crippen LogP contribution in [0.2, 0.25) is 0 Å². The number of carbonyl (C=O) groups is 1. The lowest BCUT2D eigenvalue weighted by atomic mass is 9.93. The number of fused-ring (bicyclic) bond motifs is 1. The Morgan fingerprint density at radius 3 is 3.00 bits per heavy atom. The van der Waals surface area contributed by atoms with E-state index in [1.54, 1.807) is 0 Å². The molecular weight excluding hydrogens is 280 g/mol. The number of aryl methyl sites for hydroxylation is 1. The molecule has 3 N–H and O–H groups in total. The SMILES string of the molecule is Cc1cccc2nc(CNC(=O)NC3CCCCC3O)cn12. The highest BCUT2D eigenvalue weighted by atomic mass is 16.3. The molecule has 118 valence electrons. The molecule has 1 aliphatic rings. The van der Waals surface area contributed by atoms with Crippen molar-refractivity contribution in [2.75, 3.05) is 0 Å². The second kappa shape index (κ2) is 6.36. The average Bonchev–Trinajstić information content (AvgIpc) is 2.92. The first-order chi connectivity index (χ1) is 10.6. The molecule has 2 unspecified atom stereocenters. The maximum Gasteiger partial charge on any atom is 0.315 e. The van der Waals surface area contributed by atoms with Gasteiger partial charge in [0.1, 0.15) is 5.65 Å². The van der Waals surface area contributed by atoms with Crippen LogP contribution in [0.4, 0.5) is 4.79 Å². The topological polar surface area (TPSA) is 78.7 Å². The Bertz CT molecular complexity index is 667. The summed E-state index contributed by atoms with van der Waals surface area (Å²) in [5, 5.41) is 15.5. The van der Waals surface area contributed by atoms with Crippen molar-refractivity contribution in [2.45, 2.75) is 51.3 Å². The fraction of sp³-hybridized carbons (Fsp3) is 0.500. The second-order valence-corrected chi connectivity index (χ2v) is 5.91. The summed E-state index contributed by atoms with van der Waals surface area (Å²) in [5.74, 6) is 0. The van der Waals surface area contributed by atoms with Gasteiger partial charge >= 0.3 is 6.03 Å². The number of urea groups is 1. The van der Waals surface area contributed by atoms with Crippen LogP contribution >= 0.6 is 0 Å². The zero-order valence-electron chi connectivity index (χ0n) is 12.7. The number of pyridine rings is 1. The molecule has 1 fully saturated rings. The number of amides is 2. The number of rotatable bonds is 3. The number of nitrogens with one attached hydrogen (secondary N) is 2. The summed E-state index contributed by atoms with van der Waals surface area (Å²) in [4.78, 5) is 16.4. The van der Waals surface area contributed by atoms with Crippen LogP contribution in [0.3, 0.4) is 0 Å². The van der Waals surface area contributed by atoms with Crippen LogP contribution in [0.15, 0.2) is 24.4 Å². The van der Waals surface area contributed by atoms with E-state index in [0.29, 0.717) is 6.54 Å². The van der Waals surface area contributed by atoms with Crippen LogP contribution in [-0.2, 0) is 6.54 Å². The number of nitrogens with zero attached hydrogens (tertiary/aromatic N) is 2. The van der Waals surface area contributed by atoms with Crippen molar-refractivity contribution in [2.24, 2.45) is 0 Å². The van der Waals surface area contributed by atoms with Crippen LogP contribution in [0.25, 0.3) is 5.65 Å². The third-order valence-electron chi connectivity index (χ3n) is 4.22. The van der Waals surface area contributed by atoms with Gasteiger partial charge in [-0.05, 0) is 31.9 Å². The molecule has 2 heterocycles. The predicted molar refractivity (Wildman–Crippen MR) is 83.6 cm³/mol. The lowest BCUT2D eigenvalue weighted by Crippen LogP contribution is -2.48. The number of imidazole rings is 1. The van der Waals surface area contributed by atoms with E-state index in [0.717, 1.165) is 42.7 Å². The molecular formula is C16H22N4O2. The number of hydrogen-bond acceptors (Lipinski definition) is 3. The Labute approximate surface area is 129 Å². The van der Waals surface area contributed by atoms with Gasteiger partial charge in [0, 0.05) is 11.9 Å². The molecule has 1 aliphatic carbocycles. The first-order valence-corrected chi connectivity index (χ1v) is 7.79. The monoisotopic (exact) mass is 302 g/mol. The van der Waals surface area contributed by atoms with Crippen molar-refractivity contribution in [3.63, 3.8) is 0 Å². The van der Waals surface area contributed by atoms with Crippen molar-refractivity contribution in [3.8, 4) is 0 Å². The summed E-state index contributed by atoms with van der Waals surface area (Å²) >= 11 is 0. The first kappa shape index (κ1) is 14.8. The van der Waals surface area contributed by atoms with E-state index < -0.39 is 6.10 Å². The predicted octanol–water partition coefficient (Wildman–Crippen LogP) is 1.75. The molecule has 1 saturated carbocycles. The van der Waals surface area contributed by atoms with E-state index in [1.165, 1.54) is 0 Å². The third kappa shape index (κ3) is 3.22. The third-order valence-corrected chi connectivity index (χ3v) is 4.22. The van der Waals surface area contributed by atoms with Gasteiger partial charge in [-0.25, -0.2) is 9.78 Å². The van der Waals surface area contributed by atoms with Crippen molar-refractivity contribution >= 4 is 11.7 Å². The van der Waals surface area contributed by atoms with Crippen molar-refractivity contribution in [1.82, 2.24) is 20.0 Å². The van der Waals surface area contributed by atoms with Crippen LogP contribution in [0.5, 0.6) is 0 Å². The summed E-state index contributed by atoms with van der Waals surface area (Å²) in [5.41, 5.74) is 2.79. The van der Waals surface area contributed by atoms with Gasteiger partial charge in [-0.15, -0.1) is 0 Å². The van der Waals surface area contributed by atoms with E-state index >= 15 is 0 Å². The van der Waals surface area contributed by atoms with Gasteiger partial charge in [0.2, 0.25) is 0 Å². The molecule has 0 radical (unpaired) electrons. The minimum Gasteiger partial charge on any atom is -0.391 e. The highest BCUT2D eigenvalue weighted by Crippen LogP contribution is 2.18. The molecule has 3 rings (SSSR count). The quantitative estimate of drug-likeness (QED) is 0.808. The van der Waals surface area contributed by atoms with Crippen molar-refractivity contribution in [3.05, 3.63) is 35.8 Å². The van der Waals surface area contributed by atoms with E-state index in [9.17, 15) is 9.90 Å². The molecule has 0 bridgehead atoms. The summed E-state index contributed by atoms with van der Waals surface area (Å²) < 4.78 is 2.00. The van der Waals surface area contributed by atoms with Gasteiger partial charge < -0.3 is 20.1 Å². The van der Waals surface area contributed by atoms with Crippen molar-refractivity contribution < 1.29 is 9.90 Å². The number of aliphatic hydroxyl groups is 1. The Morgan fingerprint density at radius 1 is 1.41 bits per heavy atom. The zero-order chi connectivity index (χ0) is 15.5. The fourth-order valence-electron chi connectivity index (χ4n) is 2.95. The van der Waals surface area contributed by atoms with E-state index in [1.807, 2.05) is 35.7 Å². The van der Waals surface area contributed by atoms with Crippen molar-refractivity contribution in [1.29, 1.82) is 0 Å². The molecule has 2 aromatic rings. The summed E-state index contributed by atoms with van der Waals surface area (Å²) in [6.45, 7) is 2.39. The minimum atomic E-state index is -0.433. The standard InChI is InChI=1S/C16H22N4O2/c1-11-5-4-8-15-18-12(10-20(11)15)9-17-16(22)19-13-6-2-3-7-14(13)21/h4-5,8,10,13-14,21H,2-3,6-7,9H2,1H3,(H2,17,19,22). The molecule has 6 nitrogen and oxygen atoms in total. The number of aliphatic hydroxyl groups excluding tert-OH is 1. The fourth-order valence-corrected chi connectivity index (χ4v) is 2.95. The largest absolute Gasteiger partial charge is 0.391 e. The molecule has 0 spiro atoms. The van der Waals surface area contributed by atoms with Gasteiger partial charge in [-0.1, -0.05) is 18.9 Å². The average molecular weight is 302 g/mol. The Kier molecular flexibility index (Phi) is 4.29. The van der Waals surface area contributed by atoms with Gasteiger partial charge in [0.25, 0.3) is 0 Å². The highest BCUT2D eigenvalue weighted by Gasteiger charge is 2.24. The molecule has 2 amide bonds. The van der Waals surface area contributed by atoms with E-state index in [4.69, 9.17) is 0 Å². The van der Waals surface area contributed by atoms with Crippen LogP contribution in [0, 0.1) is 6.92 Å². The normalized spacial score (nSPS) is 21.7. The highest BCUT2D eigenvalue weighted by molar-refractivity contribution is 5.74. The Hall–Kier alpha value is -2.08. The Balaban J connectivity index is 1.56.